The van der Waals surface area contributed by atoms with E-state index < -0.39 is 6.29 Å². The second kappa shape index (κ2) is 9.09. The quantitative estimate of drug-likeness (QED) is 0.296. The zero-order valence-electron chi connectivity index (χ0n) is 16.8. The largest absolute Gasteiger partial charge is 0.364 e. The lowest BCUT2D eigenvalue weighted by Crippen LogP contribution is -2.23. The maximum Gasteiger partial charge on any atom is 0.231 e. The first-order valence-corrected chi connectivity index (χ1v) is 10.1. The lowest BCUT2D eigenvalue weighted by Gasteiger charge is -2.16. The minimum atomic E-state index is -1.52. The molecule has 6 N–H and O–H groups in total. The number of carbonyl (C=O) groups excluding carboxylic acids is 1. The van der Waals surface area contributed by atoms with Gasteiger partial charge in [-0.05, 0) is 36.7 Å². The number of H-pyrrole nitrogens is 1. The van der Waals surface area contributed by atoms with E-state index in [1.807, 2.05) is 48.5 Å². The molecule has 0 spiro atoms. The predicted octanol–water partition coefficient (Wildman–Crippen LogP) is 3.28. The number of nitrogens with two attached hydrogens (primary N) is 1. The van der Waals surface area contributed by atoms with E-state index in [4.69, 9.17) is 5.73 Å². The Morgan fingerprint density at radius 2 is 1.74 bits per heavy atom. The zero-order chi connectivity index (χ0) is 21.8. The topological polar surface area (TPSA) is 124 Å². The Labute approximate surface area is 179 Å². The highest BCUT2D eigenvalue weighted by atomic mass is 16.5. The predicted molar refractivity (Wildman–Crippen MR) is 120 cm³/mol. The van der Waals surface area contributed by atoms with Gasteiger partial charge in [-0.3, -0.25) is 9.89 Å². The van der Waals surface area contributed by atoms with Crippen LogP contribution in [-0.2, 0) is 4.79 Å². The summed E-state index contributed by atoms with van der Waals surface area (Å²) >= 11 is 0. The van der Waals surface area contributed by atoms with Crippen LogP contribution >= 0.6 is 0 Å². The molecule has 7 heteroatoms. The second-order valence-electron chi connectivity index (χ2n) is 7.36. The molecule has 0 saturated heterocycles. The van der Waals surface area contributed by atoms with Gasteiger partial charge in [0.1, 0.15) is 0 Å². The number of aromatic amines is 1. The van der Waals surface area contributed by atoms with E-state index in [9.17, 15) is 15.0 Å². The molecule has 0 bridgehead atoms. The van der Waals surface area contributed by atoms with E-state index in [0.29, 0.717) is 29.9 Å². The first-order valence-electron chi connectivity index (χ1n) is 10.1. The number of rotatable bonds is 7. The van der Waals surface area contributed by atoms with Gasteiger partial charge in [-0.2, -0.15) is 5.10 Å². The fraction of sp³-hybridized carbons (Fsp3) is 0.167. The molecule has 1 heterocycles. The van der Waals surface area contributed by atoms with Gasteiger partial charge in [0.2, 0.25) is 5.91 Å². The average Bonchev–Trinajstić information content (AvgIpc) is 3.21. The Morgan fingerprint density at radius 1 is 1.00 bits per heavy atom. The summed E-state index contributed by atoms with van der Waals surface area (Å²) in [5, 5.41) is 29.8. The molecule has 4 aromatic rings. The molecular weight excluding hydrogens is 392 g/mol. The molecule has 0 aliphatic carbocycles. The van der Waals surface area contributed by atoms with Gasteiger partial charge < -0.3 is 21.3 Å². The van der Waals surface area contributed by atoms with Gasteiger partial charge >= 0.3 is 0 Å². The van der Waals surface area contributed by atoms with Gasteiger partial charge in [-0.1, -0.05) is 54.6 Å². The fourth-order valence-electron chi connectivity index (χ4n) is 3.66. The number of nitrogens with zero attached hydrogens (tertiary/aromatic N) is 1. The van der Waals surface area contributed by atoms with Crippen LogP contribution in [0.4, 0.5) is 5.69 Å². The van der Waals surface area contributed by atoms with E-state index in [0.717, 1.165) is 22.0 Å². The SMILES string of the molecule is NCCC(C(=O)Nc1ccc2[nH]nc(-c3ccc(C(O)O)cc3)c2c1)c1ccccc1. The number of aromatic nitrogens is 2. The van der Waals surface area contributed by atoms with Crippen molar-refractivity contribution in [3.8, 4) is 11.3 Å². The van der Waals surface area contributed by atoms with Crippen molar-refractivity contribution in [1.82, 2.24) is 10.2 Å². The van der Waals surface area contributed by atoms with E-state index in [1.165, 1.54) is 0 Å². The van der Waals surface area contributed by atoms with Crippen LogP contribution in [0.3, 0.4) is 0 Å². The van der Waals surface area contributed by atoms with Crippen LogP contribution in [0.25, 0.3) is 22.2 Å². The molecule has 0 aliphatic rings. The molecule has 7 nitrogen and oxygen atoms in total. The summed E-state index contributed by atoms with van der Waals surface area (Å²) in [6, 6.07) is 22.0. The monoisotopic (exact) mass is 416 g/mol. The first-order chi connectivity index (χ1) is 15.1. The Morgan fingerprint density at radius 3 is 2.42 bits per heavy atom. The van der Waals surface area contributed by atoms with Crippen molar-refractivity contribution in [3.63, 3.8) is 0 Å². The molecule has 4 rings (SSSR count). The third-order valence-corrected chi connectivity index (χ3v) is 5.29. The highest BCUT2D eigenvalue weighted by molar-refractivity contribution is 6.00. The maximum absolute atomic E-state index is 13.0. The summed E-state index contributed by atoms with van der Waals surface area (Å²) in [4.78, 5) is 13.0. The third-order valence-electron chi connectivity index (χ3n) is 5.29. The highest BCUT2D eigenvalue weighted by Gasteiger charge is 2.20. The van der Waals surface area contributed by atoms with Gasteiger partial charge in [0.25, 0.3) is 0 Å². The number of anilines is 1. The molecule has 0 saturated carbocycles. The third kappa shape index (κ3) is 4.49. The smallest absolute Gasteiger partial charge is 0.231 e. The zero-order valence-corrected chi connectivity index (χ0v) is 16.8. The summed E-state index contributed by atoms with van der Waals surface area (Å²) in [6.07, 6.45) is -0.962. The average molecular weight is 416 g/mol. The molecule has 158 valence electrons. The Kier molecular flexibility index (Phi) is 6.08. The minimum absolute atomic E-state index is 0.109. The number of benzene rings is 3. The van der Waals surface area contributed by atoms with Gasteiger partial charge in [0.05, 0.1) is 17.1 Å². The number of aliphatic hydroxyl groups excluding tert-OH is 1. The molecule has 0 radical (unpaired) electrons. The minimum Gasteiger partial charge on any atom is -0.364 e. The lowest BCUT2D eigenvalue weighted by molar-refractivity contribution is -0.117. The van der Waals surface area contributed by atoms with Crippen LogP contribution in [0, 0.1) is 0 Å². The molecule has 1 amide bonds. The summed E-state index contributed by atoms with van der Waals surface area (Å²) in [6.45, 7) is 0.413. The van der Waals surface area contributed by atoms with Crippen molar-refractivity contribution in [1.29, 1.82) is 0 Å². The fourth-order valence-corrected chi connectivity index (χ4v) is 3.66. The van der Waals surface area contributed by atoms with Gasteiger partial charge in [0, 0.05) is 22.2 Å². The molecule has 0 aliphatic heterocycles. The van der Waals surface area contributed by atoms with Crippen molar-refractivity contribution in [3.05, 3.63) is 83.9 Å². The number of nitrogens with one attached hydrogen (secondary N) is 2. The van der Waals surface area contributed by atoms with Gasteiger partial charge in [0.15, 0.2) is 6.29 Å². The van der Waals surface area contributed by atoms with Crippen molar-refractivity contribution in [2.45, 2.75) is 18.6 Å². The van der Waals surface area contributed by atoms with E-state index in [-0.39, 0.29) is 11.8 Å². The van der Waals surface area contributed by atoms with Crippen molar-refractivity contribution in [2.75, 3.05) is 11.9 Å². The first kappa shape index (κ1) is 20.7. The normalized spacial score (nSPS) is 12.3. The standard InChI is InChI=1S/C24H24N4O3/c25-13-12-19(15-4-2-1-3-5-15)23(29)26-18-10-11-21-20(14-18)22(28-27-21)16-6-8-17(9-7-16)24(30)31/h1-11,14,19,24,30-31H,12-13,25H2,(H,26,29)(H,27,28). The molecule has 3 aromatic carbocycles. The number of fused-ring (bicyclic) bond motifs is 1. The number of carbonyl (C=O) groups is 1. The molecule has 1 unspecified atom stereocenters. The molecule has 31 heavy (non-hydrogen) atoms. The summed E-state index contributed by atoms with van der Waals surface area (Å²) in [7, 11) is 0. The van der Waals surface area contributed by atoms with Crippen LogP contribution in [0.15, 0.2) is 72.8 Å². The highest BCUT2D eigenvalue weighted by Crippen LogP contribution is 2.30. The number of hydrogen-bond acceptors (Lipinski definition) is 5. The van der Waals surface area contributed by atoms with Gasteiger partial charge in [-0.15, -0.1) is 0 Å². The molecular formula is C24H24N4O3. The Hall–Kier alpha value is -3.52. The van der Waals surface area contributed by atoms with Crippen LogP contribution in [0.1, 0.15) is 29.8 Å². The Bertz CT molecular complexity index is 1170. The van der Waals surface area contributed by atoms with Crippen LogP contribution in [0.2, 0.25) is 0 Å². The van der Waals surface area contributed by atoms with Crippen molar-refractivity contribution < 1.29 is 15.0 Å². The van der Waals surface area contributed by atoms with Crippen molar-refractivity contribution >= 4 is 22.5 Å². The van der Waals surface area contributed by atoms with Crippen LogP contribution in [-0.4, -0.2) is 32.9 Å². The molecule has 1 atom stereocenters. The number of amides is 1. The molecule has 1 aromatic heterocycles. The number of hydrogen-bond donors (Lipinski definition) is 5. The molecule has 0 fully saturated rings. The van der Waals surface area contributed by atoms with Crippen molar-refractivity contribution in [2.24, 2.45) is 5.73 Å². The Balaban J connectivity index is 1.61. The van der Waals surface area contributed by atoms with E-state index >= 15 is 0 Å². The maximum atomic E-state index is 13.0. The van der Waals surface area contributed by atoms with E-state index in [2.05, 4.69) is 15.5 Å². The lowest BCUT2D eigenvalue weighted by atomic mass is 9.94. The van der Waals surface area contributed by atoms with Crippen LogP contribution in [0.5, 0.6) is 0 Å². The second-order valence-corrected chi connectivity index (χ2v) is 7.36. The summed E-state index contributed by atoms with van der Waals surface area (Å²) in [5.41, 5.74) is 10.1. The number of aliphatic hydroxyl groups is 2. The van der Waals surface area contributed by atoms with Gasteiger partial charge in [-0.25, -0.2) is 0 Å². The van der Waals surface area contributed by atoms with Crippen LogP contribution < -0.4 is 11.1 Å². The van der Waals surface area contributed by atoms with E-state index in [1.54, 1.807) is 24.3 Å². The summed E-state index contributed by atoms with van der Waals surface area (Å²) < 4.78 is 0. The summed E-state index contributed by atoms with van der Waals surface area (Å²) in [5.74, 6) is -0.439.